The molecule has 1 aromatic carbocycles. The van der Waals surface area contributed by atoms with Gasteiger partial charge in [-0.25, -0.2) is 13.2 Å². The summed E-state index contributed by atoms with van der Waals surface area (Å²) in [6, 6.07) is 3.83. The van der Waals surface area contributed by atoms with Gasteiger partial charge in [0.1, 0.15) is 0 Å². The second-order valence-electron chi connectivity index (χ2n) is 4.17. The first kappa shape index (κ1) is 12.8. The molecule has 98 valence electrons. The second-order valence-corrected chi connectivity index (χ2v) is 6.08. The number of rotatable bonds is 3. The summed E-state index contributed by atoms with van der Waals surface area (Å²) in [5.74, 6) is -1.29. The van der Waals surface area contributed by atoms with Crippen LogP contribution in [-0.4, -0.2) is 36.9 Å². The lowest BCUT2D eigenvalue weighted by atomic mass is 10.2. The summed E-state index contributed by atoms with van der Waals surface area (Å²) < 4.78 is 25.9. The SMILES string of the molecule is Nc1ccc(S(=O)(=O)N2CCCC2)c(C(=O)O)c1. The largest absolute Gasteiger partial charge is 0.478 e. The van der Waals surface area contributed by atoms with Crippen molar-refractivity contribution >= 4 is 21.7 Å². The summed E-state index contributed by atoms with van der Waals surface area (Å²) in [5.41, 5.74) is 5.44. The minimum atomic E-state index is -3.73. The fourth-order valence-corrected chi connectivity index (χ4v) is 3.69. The fourth-order valence-electron chi connectivity index (χ4n) is 2.01. The number of carboxylic acid groups (broad SMARTS) is 1. The van der Waals surface area contributed by atoms with Crippen molar-refractivity contribution in [3.05, 3.63) is 23.8 Å². The maximum absolute atomic E-state index is 12.3. The molecule has 1 aliphatic rings. The number of hydrogen-bond acceptors (Lipinski definition) is 4. The summed E-state index contributed by atoms with van der Waals surface area (Å²) in [6.07, 6.45) is 1.60. The van der Waals surface area contributed by atoms with E-state index in [1.807, 2.05) is 0 Å². The van der Waals surface area contributed by atoms with Crippen LogP contribution in [0.1, 0.15) is 23.2 Å². The lowest BCUT2D eigenvalue weighted by Gasteiger charge is -2.17. The van der Waals surface area contributed by atoms with E-state index < -0.39 is 16.0 Å². The number of nitrogens with zero attached hydrogens (tertiary/aromatic N) is 1. The van der Waals surface area contributed by atoms with Gasteiger partial charge in [0, 0.05) is 18.8 Å². The highest BCUT2D eigenvalue weighted by atomic mass is 32.2. The summed E-state index contributed by atoms with van der Waals surface area (Å²) in [5, 5.41) is 9.06. The molecular formula is C11H14N2O4S. The predicted molar refractivity (Wildman–Crippen MR) is 65.8 cm³/mol. The van der Waals surface area contributed by atoms with Crippen molar-refractivity contribution in [1.29, 1.82) is 0 Å². The van der Waals surface area contributed by atoms with Crippen LogP contribution in [-0.2, 0) is 10.0 Å². The molecule has 18 heavy (non-hydrogen) atoms. The monoisotopic (exact) mass is 270 g/mol. The zero-order valence-corrected chi connectivity index (χ0v) is 10.5. The Labute approximate surface area is 105 Å². The molecule has 0 aliphatic carbocycles. The van der Waals surface area contributed by atoms with Gasteiger partial charge < -0.3 is 10.8 Å². The van der Waals surface area contributed by atoms with Gasteiger partial charge in [-0.1, -0.05) is 0 Å². The Hall–Kier alpha value is -1.60. The Morgan fingerprint density at radius 3 is 2.44 bits per heavy atom. The van der Waals surface area contributed by atoms with E-state index in [0.717, 1.165) is 12.8 Å². The van der Waals surface area contributed by atoms with E-state index in [2.05, 4.69) is 0 Å². The highest BCUT2D eigenvalue weighted by molar-refractivity contribution is 7.89. The number of anilines is 1. The Morgan fingerprint density at radius 1 is 1.28 bits per heavy atom. The van der Waals surface area contributed by atoms with Crippen LogP contribution in [0.3, 0.4) is 0 Å². The number of carboxylic acids is 1. The number of carbonyl (C=O) groups is 1. The molecule has 7 heteroatoms. The van der Waals surface area contributed by atoms with Crippen LogP contribution >= 0.6 is 0 Å². The van der Waals surface area contributed by atoms with E-state index in [1.54, 1.807) is 0 Å². The molecule has 0 unspecified atom stereocenters. The molecule has 1 aliphatic heterocycles. The van der Waals surface area contributed by atoms with Gasteiger partial charge in [0.25, 0.3) is 0 Å². The van der Waals surface area contributed by atoms with Gasteiger partial charge in [-0.15, -0.1) is 0 Å². The summed E-state index contributed by atoms with van der Waals surface area (Å²) in [6.45, 7) is 0.873. The smallest absolute Gasteiger partial charge is 0.337 e. The van der Waals surface area contributed by atoms with Crippen LogP contribution in [0.25, 0.3) is 0 Å². The minimum absolute atomic E-state index is 0.189. The highest BCUT2D eigenvalue weighted by Crippen LogP contribution is 2.25. The number of nitrogens with two attached hydrogens (primary N) is 1. The molecule has 1 saturated heterocycles. The van der Waals surface area contributed by atoms with E-state index in [4.69, 9.17) is 10.8 Å². The van der Waals surface area contributed by atoms with Gasteiger partial charge in [-0.05, 0) is 31.0 Å². The molecule has 0 saturated carbocycles. The second kappa shape index (κ2) is 4.58. The average Bonchev–Trinajstić information content (AvgIpc) is 2.82. The van der Waals surface area contributed by atoms with E-state index in [9.17, 15) is 13.2 Å². The topological polar surface area (TPSA) is 101 Å². The zero-order chi connectivity index (χ0) is 13.3. The zero-order valence-electron chi connectivity index (χ0n) is 9.67. The van der Waals surface area contributed by atoms with Crippen molar-refractivity contribution < 1.29 is 18.3 Å². The van der Waals surface area contributed by atoms with E-state index in [-0.39, 0.29) is 16.1 Å². The van der Waals surface area contributed by atoms with Crippen LogP contribution in [0.4, 0.5) is 5.69 Å². The molecule has 0 aromatic heterocycles. The molecule has 6 nitrogen and oxygen atoms in total. The Morgan fingerprint density at radius 2 is 1.89 bits per heavy atom. The molecule has 0 bridgehead atoms. The molecule has 0 spiro atoms. The first-order valence-electron chi connectivity index (χ1n) is 5.56. The molecule has 0 atom stereocenters. The van der Waals surface area contributed by atoms with Gasteiger partial charge >= 0.3 is 5.97 Å². The van der Waals surface area contributed by atoms with Gasteiger partial charge in [-0.2, -0.15) is 4.31 Å². The molecule has 0 radical (unpaired) electrons. The van der Waals surface area contributed by atoms with Gasteiger partial charge in [0.2, 0.25) is 10.0 Å². The van der Waals surface area contributed by atoms with Crippen LogP contribution in [0.15, 0.2) is 23.1 Å². The third kappa shape index (κ3) is 2.19. The van der Waals surface area contributed by atoms with Crippen molar-refractivity contribution in [3.63, 3.8) is 0 Å². The maximum Gasteiger partial charge on any atom is 0.337 e. The van der Waals surface area contributed by atoms with E-state index >= 15 is 0 Å². The maximum atomic E-state index is 12.3. The van der Waals surface area contributed by atoms with Crippen LogP contribution in [0.5, 0.6) is 0 Å². The van der Waals surface area contributed by atoms with Crippen LogP contribution < -0.4 is 5.73 Å². The van der Waals surface area contributed by atoms with Crippen molar-refractivity contribution in [3.8, 4) is 0 Å². The first-order valence-corrected chi connectivity index (χ1v) is 7.00. The summed E-state index contributed by atoms with van der Waals surface area (Å²) >= 11 is 0. The van der Waals surface area contributed by atoms with Crippen molar-refractivity contribution in [1.82, 2.24) is 4.31 Å². The Balaban J connectivity index is 2.53. The number of nitrogen functional groups attached to an aromatic ring is 1. The summed E-state index contributed by atoms with van der Waals surface area (Å²) in [7, 11) is -3.73. The number of hydrogen-bond donors (Lipinski definition) is 2. The van der Waals surface area contributed by atoms with Gasteiger partial charge in [-0.3, -0.25) is 0 Å². The van der Waals surface area contributed by atoms with Gasteiger partial charge in [0.15, 0.2) is 0 Å². The van der Waals surface area contributed by atoms with E-state index in [1.165, 1.54) is 22.5 Å². The number of sulfonamides is 1. The lowest BCUT2D eigenvalue weighted by Crippen LogP contribution is -2.29. The van der Waals surface area contributed by atoms with Crippen molar-refractivity contribution in [2.45, 2.75) is 17.7 Å². The number of benzene rings is 1. The molecule has 1 aromatic rings. The standard InChI is InChI=1S/C11H14N2O4S/c12-8-3-4-10(9(7-8)11(14)15)18(16,17)13-5-1-2-6-13/h3-4,7H,1-2,5-6,12H2,(H,14,15). The quantitative estimate of drug-likeness (QED) is 0.789. The summed E-state index contributed by atoms with van der Waals surface area (Å²) in [4.78, 5) is 10.9. The van der Waals surface area contributed by atoms with Crippen LogP contribution in [0, 0.1) is 0 Å². The van der Waals surface area contributed by atoms with Crippen molar-refractivity contribution in [2.75, 3.05) is 18.8 Å². The average molecular weight is 270 g/mol. The van der Waals surface area contributed by atoms with Gasteiger partial charge in [0.05, 0.1) is 10.5 Å². The predicted octanol–water partition coefficient (Wildman–Crippen LogP) is 0.752. The normalized spacial score (nSPS) is 16.9. The third-order valence-electron chi connectivity index (χ3n) is 2.92. The molecule has 3 N–H and O–H groups in total. The molecule has 1 fully saturated rings. The highest BCUT2D eigenvalue weighted by Gasteiger charge is 2.30. The lowest BCUT2D eigenvalue weighted by molar-refractivity contribution is 0.0692. The van der Waals surface area contributed by atoms with Crippen LogP contribution in [0.2, 0.25) is 0 Å². The van der Waals surface area contributed by atoms with E-state index in [0.29, 0.717) is 13.1 Å². The Bertz CT molecular complexity index is 577. The first-order chi connectivity index (χ1) is 8.43. The minimum Gasteiger partial charge on any atom is -0.478 e. The third-order valence-corrected chi connectivity index (χ3v) is 4.87. The molecule has 0 amide bonds. The fraction of sp³-hybridized carbons (Fsp3) is 0.364. The molecule has 1 heterocycles. The Kier molecular flexibility index (Phi) is 3.27. The molecular weight excluding hydrogens is 256 g/mol. The number of aromatic carboxylic acids is 1. The molecule has 2 rings (SSSR count). The van der Waals surface area contributed by atoms with Crippen molar-refractivity contribution in [2.24, 2.45) is 0 Å².